The molecular formula is C15H17N3S. The maximum absolute atomic E-state index is 5.81. The summed E-state index contributed by atoms with van der Waals surface area (Å²) in [5.74, 6) is 1.03. The first-order valence-electron chi connectivity index (χ1n) is 6.33. The van der Waals surface area contributed by atoms with Crippen LogP contribution in [0, 0.1) is 20.8 Å². The van der Waals surface area contributed by atoms with Crippen LogP contribution in [0.4, 0.5) is 5.69 Å². The molecule has 19 heavy (non-hydrogen) atoms. The molecule has 2 heterocycles. The van der Waals surface area contributed by atoms with Crippen LogP contribution in [0.25, 0.3) is 11.0 Å². The molecule has 0 atom stereocenters. The van der Waals surface area contributed by atoms with Crippen LogP contribution < -0.4 is 5.73 Å². The molecular weight excluding hydrogens is 254 g/mol. The number of aryl methyl sites for hydroxylation is 3. The zero-order valence-electron chi connectivity index (χ0n) is 11.4. The highest BCUT2D eigenvalue weighted by Crippen LogP contribution is 2.25. The second kappa shape index (κ2) is 4.38. The molecule has 2 N–H and O–H groups in total. The van der Waals surface area contributed by atoms with E-state index in [4.69, 9.17) is 5.73 Å². The van der Waals surface area contributed by atoms with E-state index < -0.39 is 0 Å². The SMILES string of the molecule is Cc1cc(Cn2c(C)nc3cc(N)ccc32)sc1C. The fourth-order valence-corrected chi connectivity index (χ4v) is 3.39. The molecule has 3 aromatic rings. The summed E-state index contributed by atoms with van der Waals surface area (Å²) in [4.78, 5) is 7.35. The molecule has 1 aromatic carbocycles. The number of hydrogen-bond donors (Lipinski definition) is 1. The molecule has 0 aliphatic heterocycles. The number of imidazole rings is 1. The van der Waals surface area contributed by atoms with E-state index in [1.807, 2.05) is 30.4 Å². The van der Waals surface area contributed by atoms with Gasteiger partial charge in [-0.25, -0.2) is 4.98 Å². The standard InChI is InChI=1S/C15H17N3S/c1-9-6-13(19-10(9)2)8-18-11(3)17-14-7-12(16)4-5-15(14)18/h4-7H,8,16H2,1-3H3. The van der Waals surface area contributed by atoms with Crippen LogP contribution in [0.15, 0.2) is 24.3 Å². The number of thiophene rings is 1. The Hall–Kier alpha value is -1.81. The van der Waals surface area contributed by atoms with Gasteiger partial charge in [-0.3, -0.25) is 0 Å². The van der Waals surface area contributed by atoms with E-state index in [9.17, 15) is 0 Å². The van der Waals surface area contributed by atoms with Crippen molar-refractivity contribution in [3.8, 4) is 0 Å². The van der Waals surface area contributed by atoms with Crippen molar-refractivity contribution >= 4 is 28.1 Å². The Kier molecular flexibility index (Phi) is 2.82. The number of aromatic nitrogens is 2. The number of nitrogens with zero attached hydrogens (tertiary/aromatic N) is 2. The quantitative estimate of drug-likeness (QED) is 0.723. The maximum Gasteiger partial charge on any atom is 0.107 e. The van der Waals surface area contributed by atoms with E-state index in [2.05, 4.69) is 35.5 Å². The fraction of sp³-hybridized carbons (Fsp3) is 0.267. The van der Waals surface area contributed by atoms with Crippen molar-refractivity contribution in [1.29, 1.82) is 0 Å². The van der Waals surface area contributed by atoms with Gasteiger partial charge in [0, 0.05) is 15.4 Å². The number of rotatable bonds is 2. The number of hydrogen-bond acceptors (Lipinski definition) is 3. The third-order valence-corrected chi connectivity index (χ3v) is 4.63. The van der Waals surface area contributed by atoms with Gasteiger partial charge in [0.2, 0.25) is 0 Å². The van der Waals surface area contributed by atoms with Crippen molar-refractivity contribution in [2.45, 2.75) is 27.3 Å². The second-order valence-electron chi connectivity index (χ2n) is 4.95. The minimum absolute atomic E-state index is 0.764. The third kappa shape index (κ3) is 2.12. The van der Waals surface area contributed by atoms with E-state index >= 15 is 0 Å². The predicted molar refractivity (Wildman–Crippen MR) is 81.8 cm³/mol. The van der Waals surface area contributed by atoms with Crippen LogP contribution >= 0.6 is 11.3 Å². The van der Waals surface area contributed by atoms with Crippen molar-refractivity contribution in [3.63, 3.8) is 0 Å². The van der Waals surface area contributed by atoms with Crippen molar-refractivity contribution in [3.05, 3.63) is 45.4 Å². The van der Waals surface area contributed by atoms with Gasteiger partial charge < -0.3 is 10.3 Å². The highest BCUT2D eigenvalue weighted by molar-refractivity contribution is 7.12. The van der Waals surface area contributed by atoms with E-state index in [1.54, 1.807) is 0 Å². The highest BCUT2D eigenvalue weighted by atomic mass is 32.1. The second-order valence-corrected chi connectivity index (χ2v) is 6.29. The Morgan fingerprint density at radius 1 is 1.21 bits per heavy atom. The van der Waals surface area contributed by atoms with Gasteiger partial charge in [-0.2, -0.15) is 0 Å². The maximum atomic E-state index is 5.81. The van der Waals surface area contributed by atoms with Crippen LogP contribution in [-0.4, -0.2) is 9.55 Å². The number of benzene rings is 1. The average molecular weight is 271 g/mol. The molecule has 0 saturated heterocycles. The fourth-order valence-electron chi connectivity index (χ4n) is 2.35. The molecule has 0 spiro atoms. The summed E-state index contributed by atoms with van der Waals surface area (Å²) < 4.78 is 2.25. The summed E-state index contributed by atoms with van der Waals surface area (Å²) in [7, 11) is 0. The van der Waals surface area contributed by atoms with Gasteiger partial charge in [0.05, 0.1) is 17.6 Å². The summed E-state index contributed by atoms with van der Waals surface area (Å²) in [5.41, 5.74) is 10.1. The van der Waals surface area contributed by atoms with Gasteiger partial charge in [-0.1, -0.05) is 0 Å². The molecule has 0 fully saturated rings. The summed E-state index contributed by atoms with van der Waals surface area (Å²) in [6, 6.07) is 8.19. The van der Waals surface area contributed by atoms with Crippen LogP contribution in [-0.2, 0) is 6.54 Å². The monoisotopic (exact) mass is 271 g/mol. The Labute approximate surface area is 116 Å². The molecule has 3 nitrogen and oxygen atoms in total. The summed E-state index contributed by atoms with van der Waals surface area (Å²) in [6.07, 6.45) is 0. The van der Waals surface area contributed by atoms with Gasteiger partial charge >= 0.3 is 0 Å². The number of nitrogens with two attached hydrogens (primary N) is 1. The largest absolute Gasteiger partial charge is 0.399 e. The lowest BCUT2D eigenvalue weighted by atomic mass is 10.2. The molecule has 98 valence electrons. The van der Waals surface area contributed by atoms with Crippen LogP contribution in [0.3, 0.4) is 0 Å². The van der Waals surface area contributed by atoms with Crippen molar-refractivity contribution in [2.24, 2.45) is 0 Å². The summed E-state index contributed by atoms with van der Waals surface area (Å²) in [6.45, 7) is 7.26. The van der Waals surface area contributed by atoms with E-state index in [0.29, 0.717) is 0 Å². The molecule has 0 aliphatic rings. The van der Waals surface area contributed by atoms with Gasteiger partial charge in [-0.05, 0) is 50.6 Å². The molecule has 0 unspecified atom stereocenters. The molecule has 3 rings (SSSR count). The van der Waals surface area contributed by atoms with Gasteiger partial charge in [0.15, 0.2) is 0 Å². The van der Waals surface area contributed by atoms with Crippen LogP contribution in [0.5, 0.6) is 0 Å². The zero-order valence-corrected chi connectivity index (χ0v) is 12.2. The smallest absolute Gasteiger partial charge is 0.107 e. The molecule has 4 heteroatoms. The van der Waals surface area contributed by atoms with Crippen LogP contribution in [0.2, 0.25) is 0 Å². The number of nitrogen functional groups attached to an aromatic ring is 1. The Morgan fingerprint density at radius 2 is 2.00 bits per heavy atom. The topological polar surface area (TPSA) is 43.8 Å². The average Bonchev–Trinajstić information content (AvgIpc) is 2.81. The molecule has 0 aliphatic carbocycles. The number of anilines is 1. The third-order valence-electron chi connectivity index (χ3n) is 3.49. The lowest BCUT2D eigenvalue weighted by molar-refractivity contribution is 0.797. The molecule has 0 radical (unpaired) electrons. The summed E-state index contributed by atoms with van der Waals surface area (Å²) in [5, 5.41) is 0. The Bertz CT molecular complexity index is 733. The first-order valence-corrected chi connectivity index (χ1v) is 7.14. The Morgan fingerprint density at radius 3 is 2.68 bits per heavy atom. The Balaban J connectivity index is 2.07. The van der Waals surface area contributed by atoms with Crippen LogP contribution in [0.1, 0.15) is 21.1 Å². The van der Waals surface area contributed by atoms with Crippen molar-refractivity contribution < 1.29 is 0 Å². The van der Waals surface area contributed by atoms with E-state index in [-0.39, 0.29) is 0 Å². The molecule has 0 amide bonds. The van der Waals surface area contributed by atoms with Crippen molar-refractivity contribution in [2.75, 3.05) is 5.73 Å². The lowest BCUT2D eigenvalue weighted by Gasteiger charge is -2.05. The number of fused-ring (bicyclic) bond motifs is 1. The molecule has 2 aromatic heterocycles. The van der Waals surface area contributed by atoms with Gasteiger partial charge in [0.1, 0.15) is 5.82 Å². The first kappa shape index (κ1) is 12.2. The normalized spacial score (nSPS) is 11.3. The van der Waals surface area contributed by atoms with Gasteiger partial charge in [-0.15, -0.1) is 11.3 Å². The minimum Gasteiger partial charge on any atom is -0.399 e. The minimum atomic E-state index is 0.764. The predicted octanol–water partition coefficient (Wildman–Crippen LogP) is 3.65. The highest BCUT2D eigenvalue weighted by Gasteiger charge is 2.10. The molecule has 0 bridgehead atoms. The lowest BCUT2D eigenvalue weighted by Crippen LogP contribution is -2.00. The summed E-state index contributed by atoms with van der Waals surface area (Å²) >= 11 is 1.86. The van der Waals surface area contributed by atoms with E-state index in [1.165, 1.54) is 15.3 Å². The van der Waals surface area contributed by atoms with E-state index in [0.717, 1.165) is 29.1 Å². The zero-order chi connectivity index (χ0) is 13.6. The van der Waals surface area contributed by atoms with Crippen molar-refractivity contribution in [1.82, 2.24) is 9.55 Å². The molecule has 0 saturated carbocycles. The first-order chi connectivity index (χ1) is 9.04. The van der Waals surface area contributed by atoms with Gasteiger partial charge in [0.25, 0.3) is 0 Å².